The molecule has 1 unspecified atom stereocenters. The van der Waals surface area contributed by atoms with Gasteiger partial charge in [-0.2, -0.15) is 0 Å². The molecule has 4 rings (SSSR count). The summed E-state index contributed by atoms with van der Waals surface area (Å²) in [5.41, 5.74) is 2.80. The van der Waals surface area contributed by atoms with E-state index in [4.69, 9.17) is 0 Å². The normalized spacial score (nSPS) is 19.9. The first kappa shape index (κ1) is 11.6. The lowest BCUT2D eigenvalue weighted by Gasteiger charge is -2.33. The third-order valence-electron chi connectivity index (χ3n) is 4.15. The quantitative estimate of drug-likeness (QED) is 0.736. The monoisotopic (exact) mass is 267 g/mol. The highest BCUT2D eigenvalue weighted by Crippen LogP contribution is 2.32. The molecule has 4 heterocycles. The average molecular weight is 267 g/mol. The molecule has 5 heteroatoms. The summed E-state index contributed by atoms with van der Waals surface area (Å²) < 4.78 is 0. The van der Waals surface area contributed by atoms with E-state index in [9.17, 15) is 0 Å². The Morgan fingerprint density at radius 2 is 2.25 bits per heavy atom. The SMILES string of the molecule is CC1CCCN(c2ccnc3nnc4[nH]ccc4c23)C1. The van der Waals surface area contributed by atoms with E-state index >= 15 is 0 Å². The van der Waals surface area contributed by atoms with Crippen molar-refractivity contribution < 1.29 is 0 Å². The number of anilines is 1. The van der Waals surface area contributed by atoms with Crippen LogP contribution in [0.25, 0.3) is 22.1 Å². The molecule has 1 N–H and O–H groups in total. The third-order valence-corrected chi connectivity index (χ3v) is 4.15. The molecule has 0 bridgehead atoms. The standard InChI is InChI=1S/C15H17N5/c1-10-3-2-8-20(9-10)12-5-7-17-15-13(12)11-4-6-16-14(11)18-19-15/h4-7,10H,2-3,8-9H2,1H3,(H,16,18). The van der Waals surface area contributed by atoms with Gasteiger partial charge in [-0.25, -0.2) is 4.98 Å². The summed E-state index contributed by atoms with van der Waals surface area (Å²) in [6.45, 7) is 4.53. The Bertz CT molecular complexity index is 763. The summed E-state index contributed by atoms with van der Waals surface area (Å²) in [4.78, 5) is 9.97. The first-order chi connectivity index (χ1) is 9.83. The van der Waals surface area contributed by atoms with Gasteiger partial charge >= 0.3 is 0 Å². The highest BCUT2D eigenvalue weighted by Gasteiger charge is 2.20. The number of aromatic nitrogens is 4. The van der Waals surface area contributed by atoms with Crippen LogP contribution in [0.15, 0.2) is 24.5 Å². The van der Waals surface area contributed by atoms with Gasteiger partial charge in [0.1, 0.15) is 0 Å². The maximum atomic E-state index is 4.37. The predicted molar refractivity (Wildman–Crippen MR) is 79.8 cm³/mol. The molecule has 1 atom stereocenters. The van der Waals surface area contributed by atoms with Crippen molar-refractivity contribution in [2.24, 2.45) is 5.92 Å². The molecule has 1 fully saturated rings. The molecule has 0 saturated carbocycles. The number of nitrogens with one attached hydrogen (secondary N) is 1. The molecule has 1 saturated heterocycles. The van der Waals surface area contributed by atoms with E-state index in [1.54, 1.807) is 0 Å². The topological polar surface area (TPSA) is 57.7 Å². The summed E-state index contributed by atoms with van der Waals surface area (Å²) >= 11 is 0. The maximum absolute atomic E-state index is 4.37. The number of hydrogen-bond donors (Lipinski definition) is 1. The summed E-state index contributed by atoms with van der Waals surface area (Å²) in [5.74, 6) is 0.739. The van der Waals surface area contributed by atoms with Gasteiger partial charge < -0.3 is 9.88 Å². The Labute approximate surface area is 117 Å². The van der Waals surface area contributed by atoms with Crippen molar-refractivity contribution in [3.05, 3.63) is 24.5 Å². The smallest absolute Gasteiger partial charge is 0.184 e. The Balaban J connectivity index is 1.96. The van der Waals surface area contributed by atoms with Gasteiger partial charge in [-0.15, -0.1) is 10.2 Å². The van der Waals surface area contributed by atoms with E-state index in [0.29, 0.717) is 0 Å². The summed E-state index contributed by atoms with van der Waals surface area (Å²) in [7, 11) is 0. The molecule has 0 spiro atoms. The fraction of sp³-hybridized carbons (Fsp3) is 0.400. The number of hydrogen-bond acceptors (Lipinski definition) is 4. The molecule has 0 aliphatic carbocycles. The Morgan fingerprint density at radius 1 is 1.30 bits per heavy atom. The molecule has 0 radical (unpaired) electrons. The zero-order chi connectivity index (χ0) is 13.5. The van der Waals surface area contributed by atoms with Gasteiger partial charge in [0.2, 0.25) is 0 Å². The number of rotatable bonds is 1. The van der Waals surface area contributed by atoms with Crippen LogP contribution in [0.2, 0.25) is 0 Å². The highest BCUT2D eigenvalue weighted by atomic mass is 15.2. The minimum absolute atomic E-state index is 0.729. The molecular weight excluding hydrogens is 250 g/mol. The van der Waals surface area contributed by atoms with Crippen molar-refractivity contribution in [2.45, 2.75) is 19.8 Å². The van der Waals surface area contributed by atoms with Gasteiger partial charge in [-0.1, -0.05) is 6.92 Å². The largest absolute Gasteiger partial charge is 0.371 e. The minimum Gasteiger partial charge on any atom is -0.371 e. The van der Waals surface area contributed by atoms with Crippen LogP contribution in [-0.4, -0.2) is 33.3 Å². The van der Waals surface area contributed by atoms with Gasteiger partial charge in [-0.05, 0) is 30.9 Å². The molecule has 1 aliphatic rings. The lowest BCUT2D eigenvalue weighted by Crippen LogP contribution is -2.34. The Kier molecular flexibility index (Phi) is 2.58. The van der Waals surface area contributed by atoms with E-state index in [0.717, 1.165) is 41.1 Å². The van der Waals surface area contributed by atoms with Crippen LogP contribution in [0, 0.1) is 5.92 Å². The zero-order valence-corrected chi connectivity index (χ0v) is 11.5. The zero-order valence-electron chi connectivity index (χ0n) is 11.5. The van der Waals surface area contributed by atoms with Crippen LogP contribution in [0.4, 0.5) is 5.69 Å². The van der Waals surface area contributed by atoms with Crippen molar-refractivity contribution in [1.29, 1.82) is 0 Å². The number of fused-ring (bicyclic) bond motifs is 3. The molecule has 0 amide bonds. The second kappa shape index (κ2) is 4.44. The van der Waals surface area contributed by atoms with Gasteiger partial charge in [0.15, 0.2) is 11.3 Å². The van der Waals surface area contributed by atoms with Crippen LogP contribution in [-0.2, 0) is 0 Å². The van der Waals surface area contributed by atoms with Gasteiger partial charge in [0.05, 0.1) is 11.1 Å². The maximum Gasteiger partial charge on any atom is 0.184 e. The summed E-state index contributed by atoms with van der Waals surface area (Å²) in [5, 5.41) is 10.6. The van der Waals surface area contributed by atoms with Gasteiger partial charge in [0, 0.05) is 30.9 Å². The molecule has 5 nitrogen and oxygen atoms in total. The number of pyridine rings is 1. The van der Waals surface area contributed by atoms with E-state index in [1.165, 1.54) is 18.5 Å². The number of piperidine rings is 1. The fourth-order valence-corrected chi connectivity index (χ4v) is 3.19. The molecule has 3 aromatic heterocycles. The highest BCUT2D eigenvalue weighted by molar-refractivity contribution is 6.08. The van der Waals surface area contributed by atoms with Crippen LogP contribution in [0.1, 0.15) is 19.8 Å². The van der Waals surface area contributed by atoms with E-state index in [1.807, 2.05) is 12.4 Å². The van der Waals surface area contributed by atoms with Gasteiger partial charge in [-0.3, -0.25) is 0 Å². The van der Waals surface area contributed by atoms with Crippen LogP contribution in [0.5, 0.6) is 0 Å². The lowest BCUT2D eigenvalue weighted by molar-refractivity contribution is 0.447. The van der Waals surface area contributed by atoms with Gasteiger partial charge in [0.25, 0.3) is 0 Å². The Hall–Kier alpha value is -2.17. The summed E-state index contributed by atoms with van der Waals surface area (Å²) in [6, 6.07) is 4.17. The third kappa shape index (κ3) is 1.73. The second-order valence-electron chi connectivity index (χ2n) is 5.66. The fourth-order valence-electron chi connectivity index (χ4n) is 3.19. The molecule has 102 valence electrons. The van der Waals surface area contributed by atoms with E-state index in [2.05, 4.69) is 44.1 Å². The minimum atomic E-state index is 0.729. The lowest BCUT2D eigenvalue weighted by atomic mass is 9.99. The first-order valence-electron chi connectivity index (χ1n) is 7.16. The first-order valence-corrected chi connectivity index (χ1v) is 7.16. The molecule has 0 aromatic carbocycles. The second-order valence-corrected chi connectivity index (χ2v) is 5.66. The molecule has 20 heavy (non-hydrogen) atoms. The van der Waals surface area contributed by atoms with E-state index < -0.39 is 0 Å². The Morgan fingerprint density at radius 3 is 3.15 bits per heavy atom. The van der Waals surface area contributed by atoms with Crippen molar-refractivity contribution in [3.63, 3.8) is 0 Å². The average Bonchev–Trinajstić information content (AvgIpc) is 2.95. The summed E-state index contributed by atoms with van der Waals surface area (Å²) in [6.07, 6.45) is 6.32. The number of nitrogens with zero attached hydrogens (tertiary/aromatic N) is 4. The predicted octanol–water partition coefficient (Wildman–Crippen LogP) is 2.74. The van der Waals surface area contributed by atoms with Crippen LogP contribution < -0.4 is 4.90 Å². The van der Waals surface area contributed by atoms with Crippen molar-refractivity contribution in [3.8, 4) is 0 Å². The number of H-pyrrole nitrogens is 1. The van der Waals surface area contributed by atoms with Crippen molar-refractivity contribution in [1.82, 2.24) is 20.2 Å². The van der Waals surface area contributed by atoms with Crippen LogP contribution >= 0.6 is 0 Å². The van der Waals surface area contributed by atoms with Crippen molar-refractivity contribution >= 4 is 27.8 Å². The molecule has 3 aromatic rings. The number of aromatic amines is 1. The molecule has 1 aliphatic heterocycles. The van der Waals surface area contributed by atoms with E-state index in [-0.39, 0.29) is 0 Å². The van der Waals surface area contributed by atoms with Crippen LogP contribution in [0.3, 0.4) is 0 Å². The molecular formula is C15H17N5. The van der Waals surface area contributed by atoms with Crippen molar-refractivity contribution in [2.75, 3.05) is 18.0 Å².